The first-order valence-electron chi connectivity index (χ1n) is 12.0. The Bertz CT molecular complexity index is 1270. The van der Waals surface area contributed by atoms with Crippen LogP contribution in [0.1, 0.15) is 25.7 Å². The monoisotopic (exact) mass is 591 g/mol. The van der Waals surface area contributed by atoms with Crippen LogP contribution in [-0.2, 0) is 34.4 Å². The number of halogens is 1. The molecule has 2 unspecified atom stereocenters. The van der Waals surface area contributed by atoms with E-state index in [1.54, 1.807) is 6.07 Å². The van der Waals surface area contributed by atoms with Gasteiger partial charge in [0.25, 0.3) is 15.9 Å². The number of nitrogens with one attached hydrogen (secondary N) is 1. The quantitative estimate of drug-likeness (QED) is 0.333. The Kier molecular flexibility index (Phi) is 9.62. The van der Waals surface area contributed by atoms with Gasteiger partial charge in [0.1, 0.15) is 10.3 Å². The highest BCUT2D eigenvalue weighted by atomic mass is 35.5. The predicted octanol–water partition coefficient (Wildman–Crippen LogP) is 2.62. The van der Waals surface area contributed by atoms with Crippen LogP contribution in [0.2, 0.25) is 0 Å². The molecule has 2 atom stereocenters. The van der Waals surface area contributed by atoms with Gasteiger partial charge in [0.05, 0.1) is 5.75 Å². The van der Waals surface area contributed by atoms with Crippen molar-refractivity contribution in [3.8, 4) is 10.4 Å². The van der Waals surface area contributed by atoms with Crippen LogP contribution in [0, 0.1) is 0 Å². The van der Waals surface area contributed by atoms with Crippen molar-refractivity contribution in [1.82, 2.24) is 14.1 Å². The second kappa shape index (κ2) is 12.5. The second-order valence-electron chi connectivity index (χ2n) is 8.71. The van der Waals surface area contributed by atoms with Crippen LogP contribution < -0.4 is 5.48 Å². The van der Waals surface area contributed by atoms with Crippen LogP contribution in [0.4, 0.5) is 0 Å². The molecular weight excluding hydrogens is 562 g/mol. The Hall–Kier alpha value is -1.58. The maximum atomic E-state index is 13.7. The summed E-state index contributed by atoms with van der Waals surface area (Å²) in [6.45, 7) is -0.0865. The molecule has 1 aromatic carbocycles. The fourth-order valence-corrected chi connectivity index (χ4v) is 8.99. The number of alkyl halides is 1. The Morgan fingerprint density at radius 3 is 2.59 bits per heavy atom. The van der Waals surface area contributed by atoms with E-state index in [-0.39, 0.29) is 41.9 Å². The molecule has 10 nitrogen and oxygen atoms in total. The van der Waals surface area contributed by atoms with Gasteiger partial charge in [-0.1, -0.05) is 30.3 Å². The number of amides is 1. The highest BCUT2D eigenvalue weighted by Gasteiger charge is 2.43. The smallest absolute Gasteiger partial charge is 0.263 e. The minimum Gasteiger partial charge on any atom is -0.350 e. The average molecular weight is 592 g/mol. The number of rotatable bonds is 10. The van der Waals surface area contributed by atoms with Gasteiger partial charge in [0.15, 0.2) is 6.29 Å². The molecule has 1 aromatic heterocycles. The topological polar surface area (TPSA) is 122 Å². The van der Waals surface area contributed by atoms with Gasteiger partial charge in [-0.05, 0) is 37.0 Å². The maximum absolute atomic E-state index is 13.7. The number of ether oxygens (including phenoxy) is 1. The van der Waals surface area contributed by atoms with E-state index in [0.29, 0.717) is 13.0 Å². The van der Waals surface area contributed by atoms with E-state index in [4.69, 9.17) is 21.2 Å². The number of carbonyl (C=O) groups is 1. The molecule has 204 valence electrons. The standard InChI is InChI=1S/C23H30ClN3O7S3/c24-12-6-16-36(29,30)26-13-14-27(19(17-26)23(28)25-34-21-9-4-5-15-33-21)37(31,32)22-11-10-20(35-22)18-7-2-1-3-8-18/h1-3,7-8,10-11,19,21H,4-6,9,12-17H2,(H,25,28). The predicted molar refractivity (Wildman–Crippen MR) is 141 cm³/mol. The zero-order valence-electron chi connectivity index (χ0n) is 20.1. The van der Waals surface area contributed by atoms with E-state index in [1.165, 1.54) is 6.07 Å². The molecule has 1 N–H and O–H groups in total. The lowest BCUT2D eigenvalue weighted by molar-refractivity contribution is -0.202. The van der Waals surface area contributed by atoms with Gasteiger partial charge in [-0.15, -0.1) is 22.9 Å². The van der Waals surface area contributed by atoms with Gasteiger partial charge in [-0.25, -0.2) is 27.2 Å². The summed E-state index contributed by atoms with van der Waals surface area (Å²) in [5, 5.41) is 0. The molecule has 0 bridgehead atoms. The molecule has 2 aliphatic heterocycles. The molecular formula is C23H30ClN3O7S3. The van der Waals surface area contributed by atoms with Crippen LogP contribution in [0.3, 0.4) is 0 Å². The van der Waals surface area contributed by atoms with Crippen LogP contribution >= 0.6 is 22.9 Å². The minimum absolute atomic E-state index is 0.0686. The number of carbonyl (C=O) groups excluding carboxylic acids is 1. The van der Waals surface area contributed by atoms with Crippen molar-refractivity contribution in [2.45, 2.75) is 42.2 Å². The molecule has 37 heavy (non-hydrogen) atoms. The van der Waals surface area contributed by atoms with E-state index < -0.39 is 38.3 Å². The molecule has 0 spiro atoms. The zero-order valence-corrected chi connectivity index (χ0v) is 23.3. The second-order valence-corrected chi connectivity index (χ2v) is 14.4. The molecule has 0 aliphatic carbocycles. The summed E-state index contributed by atoms with van der Waals surface area (Å²) < 4.78 is 60.8. The molecule has 2 fully saturated rings. The van der Waals surface area contributed by atoms with Crippen LogP contribution in [0.15, 0.2) is 46.7 Å². The van der Waals surface area contributed by atoms with E-state index in [2.05, 4.69) is 5.48 Å². The molecule has 2 aliphatic rings. The number of hydrogen-bond donors (Lipinski definition) is 1. The zero-order chi connectivity index (χ0) is 26.5. The van der Waals surface area contributed by atoms with Gasteiger partial charge < -0.3 is 4.74 Å². The van der Waals surface area contributed by atoms with Crippen LogP contribution in [-0.4, -0.2) is 81.6 Å². The van der Waals surface area contributed by atoms with Gasteiger partial charge in [-0.2, -0.15) is 8.61 Å². The van der Waals surface area contributed by atoms with Crippen molar-refractivity contribution >= 4 is 48.9 Å². The van der Waals surface area contributed by atoms with E-state index in [1.807, 2.05) is 30.3 Å². The highest BCUT2D eigenvalue weighted by molar-refractivity contribution is 7.91. The summed E-state index contributed by atoms with van der Waals surface area (Å²) in [7, 11) is -7.84. The third kappa shape index (κ3) is 6.90. The number of piperazine rings is 1. The Morgan fingerprint density at radius 1 is 1.11 bits per heavy atom. The summed E-state index contributed by atoms with van der Waals surface area (Å²) >= 11 is 6.77. The Morgan fingerprint density at radius 2 is 1.89 bits per heavy atom. The van der Waals surface area contributed by atoms with E-state index >= 15 is 0 Å². The summed E-state index contributed by atoms with van der Waals surface area (Å²) in [5.74, 6) is -0.765. The normalized spacial score (nSPS) is 22.1. The van der Waals surface area contributed by atoms with Crippen molar-refractivity contribution in [2.75, 3.05) is 37.9 Å². The number of hydroxylamine groups is 1. The van der Waals surface area contributed by atoms with E-state index in [0.717, 1.165) is 43.2 Å². The van der Waals surface area contributed by atoms with Crippen LogP contribution in [0.5, 0.6) is 0 Å². The van der Waals surface area contributed by atoms with Crippen molar-refractivity contribution in [3.05, 3.63) is 42.5 Å². The summed E-state index contributed by atoms with van der Waals surface area (Å²) in [6.07, 6.45) is 1.96. The first-order chi connectivity index (χ1) is 17.7. The number of nitrogens with zero attached hydrogens (tertiary/aromatic N) is 2. The molecule has 3 heterocycles. The lowest BCUT2D eigenvalue weighted by Gasteiger charge is -2.38. The number of benzene rings is 1. The lowest BCUT2D eigenvalue weighted by Crippen LogP contribution is -2.61. The van der Waals surface area contributed by atoms with Gasteiger partial charge >= 0.3 is 0 Å². The Labute approximate surface area is 226 Å². The fourth-order valence-electron chi connectivity index (χ4n) is 4.19. The van der Waals surface area contributed by atoms with Crippen molar-refractivity contribution in [1.29, 1.82) is 0 Å². The van der Waals surface area contributed by atoms with Crippen molar-refractivity contribution in [2.24, 2.45) is 0 Å². The molecule has 0 radical (unpaired) electrons. The van der Waals surface area contributed by atoms with Crippen molar-refractivity contribution in [3.63, 3.8) is 0 Å². The summed E-state index contributed by atoms with van der Waals surface area (Å²) in [6, 6.07) is 11.3. The van der Waals surface area contributed by atoms with Gasteiger partial charge in [0.2, 0.25) is 10.0 Å². The third-order valence-corrected chi connectivity index (χ3v) is 11.9. The number of sulfonamides is 2. The van der Waals surface area contributed by atoms with Gasteiger partial charge in [-0.3, -0.25) is 4.79 Å². The molecule has 14 heteroatoms. The minimum atomic E-state index is -4.11. The molecule has 1 amide bonds. The number of hydrogen-bond acceptors (Lipinski definition) is 8. The summed E-state index contributed by atoms with van der Waals surface area (Å²) in [5.41, 5.74) is 3.19. The lowest BCUT2D eigenvalue weighted by atomic mass is 10.2. The molecule has 2 saturated heterocycles. The fraction of sp³-hybridized carbons (Fsp3) is 0.522. The SMILES string of the molecule is O=C(NOC1CCCCO1)C1CN(S(=O)(=O)CCCCl)CCN1S(=O)(=O)c1ccc(-c2ccccc2)s1. The largest absolute Gasteiger partial charge is 0.350 e. The van der Waals surface area contributed by atoms with Gasteiger partial charge in [0, 0.05) is 43.4 Å². The first-order valence-corrected chi connectivity index (χ1v) is 16.4. The van der Waals surface area contributed by atoms with Crippen LogP contribution in [0.25, 0.3) is 10.4 Å². The highest BCUT2D eigenvalue weighted by Crippen LogP contribution is 2.33. The number of thiophene rings is 1. The maximum Gasteiger partial charge on any atom is 0.263 e. The van der Waals surface area contributed by atoms with E-state index in [9.17, 15) is 21.6 Å². The average Bonchev–Trinajstić information content (AvgIpc) is 3.43. The summed E-state index contributed by atoms with van der Waals surface area (Å²) in [4.78, 5) is 19.4. The molecule has 4 rings (SSSR count). The van der Waals surface area contributed by atoms with Crippen molar-refractivity contribution < 1.29 is 31.2 Å². The molecule has 2 aromatic rings. The Balaban J connectivity index is 1.57. The third-order valence-electron chi connectivity index (χ3n) is 6.16. The first kappa shape index (κ1) is 28.4. The molecule has 0 saturated carbocycles.